The van der Waals surface area contributed by atoms with Crippen LogP contribution >= 0.6 is 11.6 Å². The van der Waals surface area contributed by atoms with Gasteiger partial charge in [-0.3, -0.25) is 4.79 Å². The predicted molar refractivity (Wildman–Crippen MR) is 41.3 cm³/mol. The van der Waals surface area contributed by atoms with Gasteiger partial charge in [0, 0.05) is 0 Å². The molecule has 0 saturated carbocycles. The molecule has 1 heterocycles. The average molecular weight is 158 g/mol. The van der Waals surface area contributed by atoms with Crippen molar-refractivity contribution in [1.82, 2.24) is 0 Å². The molecule has 1 amide bonds. The van der Waals surface area contributed by atoms with Crippen LogP contribution in [-0.2, 0) is 4.79 Å². The van der Waals surface area contributed by atoms with Crippen molar-refractivity contribution in [3.05, 3.63) is 10.6 Å². The van der Waals surface area contributed by atoms with Crippen LogP contribution in [0.2, 0.25) is 0 Å². The number of rotatable bonds is 0. The van der Waals surface area contributed by atoms with Crippen LogP contribution in [0.1, 0.15) is 20.3 Å². The third-order valence-corrected chi connectivity index (χ3v) is 2.00. The van der Waals surface area contributed by atoms with Crippen molar-refractivity contribution in [1.29, 1.82) is 0 Å². The molecule has 0 aromatic rings. The Hall–Kier alpha value is -0.630. The topological polar surface area (TPSA) is 29.4 Å². The molecule has 0 aromatic heterocycles. The van der Waals surface area contributed by atoms with Gasteiger partial charge >= 0.3 is 0 Å². The number of allylic oxidation sites excluding steroid dienone is 1. The number of nitrogens with zero attached hydrogens (tertiary/aromatic N) is 1. The molecule has 0 atom stereocenters. The second kappa shape index (κ2) is 2.54. The van der Waals surface area contributed by atoms with Crippen molar-refractivity contribution in [2.75, 3.05) is 0 Å². The van der Waals surface area contributed by atoms with Gasteiger partial charge in [-0.1, -0.05) is 11.6 Å². The van der Waals surface area contributed by atoms with Crippen LogP contribution in [0.25, 0.3) is 0 Å². The summed E-state index contributed by atoms with van der Waals surface area (Å²) >= 11 is 5.78. The summed E-state index contributed by atoms with van der Waals surface area (Å²) in [6.45, 7) is 3.58. The molecule has 0 fully saturated rings. The number of aliphatic imine (C=N–C) groups is 1. The summed E-state index contributed by atoms with van der Waals surface area (Å²) in [6, 6.07) is 0. The summed E-state index contributed by atoms with van der Waals surface area (Å²) in [6.07, 6.45) is 0.371. The molecule has 54 valence electrons. The molecule has 0 aliphatic carbocycles. The number of dihydropyridines is 1. The smallest absolute Gasteiger partial charge is 0.250 e. The first-order valence-electron chi connectivity index (χ1n) is 3.05. The molecule has 0 aromatic carbocycles. The summed E-state index contributed by atoms with van der Waals surface area (Å²) in [4.78, 5) is 14.5. The Morgan fingerprint density at radius 2 is 2.10 bits per heavy atom. The number of amides is 1. The highest BCUT2D eigenvalue weighted by Gasteiger charge is 2.13. The monoisotopic (exact) mass is 157 g/mol. The maximum atomic E-state index is 10.7. The zero-order valence-corrected chi connectivity index (χ0v) is 6.70. The zero-order valence-electron chi connectivity index (χ0n) is 5.94. The zero-order chi connectivity index (χ0) is 7.72. The first-order valence-corrected chi connectivity index (χ1v) is 3.43. The lowest BCUT2D eigenvalue weighted by Gasteiger charge is -2.08. The lowest BCUT2D eigenvalue weighted by molar-refractivity contribution is -0.117. The van der Waals surface area contributed by atoms with Crippen molar-refractivity contribution in [3.8, 4) is 0 Å². The van der Waals surface area contributed by atoms with Gasteiger partial charge in [0.15, 0.2) is 0 Å². The van der Waals surface area contributed by atoms with Gasteiger partial charge in [-0.15, -0.1) is 0 Å². The standard InChI is InChI=1S/C7H8ClNO/c1-4-3-6(10)9-5(2)7(4)8/h3H2,1-2H3. The fourth-order valence-corrected chi connectivity index (χ4v) is 0.998. The van der Waals surface area contributed by atoms with Gasteiger partial charge in [0.2, 0.25) is 5.91 Å². The van der Waals surface area contributed by atoms with E-state index in [1.165, 1.54) is 0 Å². The second-order valence-electron chi connectivity index (χ2n) is 2.36. The Labute approximate surface area is 64.6 Å². The van der Waals surface area contributed by atoms with E-state index in [0.29, 0.717) is 17.2 Å². The fraction of sp³-hybridized carbons (Fsp3) is 0.429. The number of hydrogen-bond acceptors (Lipinski definition) is 1. The lowest BCUT2D eigenvalue weighted by Crippen LogP contribution is -2.08. The average Bonchev–Trinajstić information content (AvgIpc) is 1.82. The number of carbonyl (C=O) groups excluding carboxylic acids is 1. The third-order valence-electron chi connectivity index (χ3n) is 1.40. The van der Waals surface area contributed by atoms with E-state index in [-0.39, 0.29) is 5.91 Å². The van der Waals surface area contributed by atoms with Crippen molar-refractivity contribution in [2.24, 2.45) is 4.99 Å². The Balaban J connectivity index is 3.01. The van der Waals surface area contributed by atoms with Gasteiger partial charge < -0.3 is 0 Å². The normalized spacial score (nSPS) is 19.5. The minimum atomic E-state index is -0.0978. The molecule has 0 N–H and O–H groups in total. The first-order chi connectivity index (χ1) is 4.61. The molecule has 0 unspecified atom stereocenters. The Bertz CT molecular complexity index is 234. The third kappa shape index (κ3) is 1.27. The minimum absolute atomic E-state index is 0.0978. The van der Waals surface area contributed by atoms with Crippen molar-refractivity contribution in [3.63, 3.8) is 0 Å². The summed E-state index contributed by atoms with van der Waals surface area (Å²) in [5.74, 6) is -0.0978. The van der Waals surface area contributed by atoms with E-state index in [9.17, 15) is 4.79 Å². The van der Waals surface area contributed by atoms with E-state index in [1.807, 2.05) is 6.92 Å². The van der Waals surface area contributed by atoms with E-state index in [0.717, 1.165) is 5.57 Å². The Morgan fingerprint density at radius 1 is 1.50 bits per heavy atom. The van der Waals surface area contributed by atoms with E-state index in [4.69, 9.17) is 11.6 Å². The largest absolute Gasteiger partial charge is 0.272 e. The van der Waals surface area contributed by atoms with Crippen LogP contribution in [0.5, 0.6) is 0 Å². The highest BCUT2D eigenvalue weighted by Crippen LogP contribution is 2.19. The molecule has 1 aliphatic heterocycles. The SMILES string of the molecule is CC1=NC(=O)CC(C)=C1Cl. The van der Waals surface area contributed by atoms with Crippen molar-refractivity contribution < 1.29 is 4.79 Å². The molecule has 0 saturated heterocycles. The van der Waals surface area contributed by atoms with E-state index < -0.39 is 0 Å². The maximum absolute atomic E-state index is 10.7. The molecule has 0 bridgehead atoms. The van der Waals surface area contributed by atoms with Gasteiger partial charge in [-0.25, -0.2) is 4.99 Å². The van der Waals surface area contributed by atoms with Gasteiger partial charge in [0.05, 0.1) is 17.2 Å². The van der Waals surface area contributed by atoms with Gasteiger partial charge in [0.1, 0.15) is 0 Å². The van der Waals surface area contributed by atoms with Crippen LogP contribution in [0.3, 0.4) is 0 Å². The first kappa shape index (κ1) is 7.48. The summed E-state index contributed by atoms with van der Waals surface area (Å²) in [5.41, 5.74) is 1.55. The summed E-state index contributed by atoms with van der Waals surface area (Å²) in [5, 5.41) is 0.639. The molecule has 2 nitrogen and oxygen atoms in total. The van der Waals surface area contributed by atoms with Crippen LogP contribution < -0.4 is 0 Å². The van der Waals surface area contributed by atoms with Crippen LogP contribution in [0.4, 0.5) is 0 Å². The highest BCUT2D eigenvalue weighted by molar-refractivity contribution is 6.44. The molecule has 3 heteroatoms. The van der Waals surface area contributed by atoms with E-state index >= 15 is 0 Å². The number of hydrogen-bond donors (Lipinski definition) is 0. The molecule has 10 heavy (non-hydrogen) atoms. The van der Waals surface area contributed by atoms with Crippen molar-refractivity contribution >= 4 is 23.2 Å². The van der Waals surface area contributed by atoms with Gasteiger partial charge in [-0.2, -0.15) is 0 Å². The Morgan fingerprint density at radius 3 is 2.60 bits per heavy atom. The quantitative estimate of drug-likeness (QED) is 0.528. The lowest BCUT2D eigenvalue weighted by atomic mass is 10.1. The predicted octanol–water partition coefficient (Wildman–Crippen LogP) is 1.89. The van der Waals surface area contributed by atoms with Crippen LogP contribution in [0, 0.1) is 0 Å². The molecule has 1 aliphatic rings. The van der Waals surface area contributed by atoms with E-state index in [1.54, 1.807) is 6.92 Å². The molecule has 1 rings (SSSR count). The molecular weight excluding hydrogens is 150 g/mol. The maximum Gasteiger partial charge on any atom is 0.250 e. The minimum Gasteiger partial charge on any atom is -0.272 e. The van der Waals surface area contributed by atoms with Gasteiger partial charge in [0.25, 0.3) is 0 Å². The Kier molecular flexibility index (Phi) is 1.90. The second-order valence-corrected chi connectivity index (χ2v) is 2.74. The van der Waals surface area contributed by atoms with E-state index in [2.05, 4.69) is 4.99 Å². The summed E-state index contributed by atoms with van der Waals surface area (Å²) in [7, 11) is 0. The number of carbonyl (C=O) groups is 1. The fourth-order valence-electron chi connectivity index (χ4n) is 0.889. The molecular formula is C7H8ClNO. The number of halogens is 1. The van der Waals surface area contributed by atoms with Crippen LogP contribution in [-0.4, -0.2) is 11.6 Å². The molecule has 0 radical (unpaired) electrons. The summed E-state index contributed by atoms with van der Waals surface area (Å²) < 4.78 is 0. The highest BCUT2D eigenvalue weighted by atomic mass is 35.5. The van der Waals surface area contributed by atoms with Crippen molar-refractivity contribution in [2.45, 2.75) is 20.3 Å². The van der Waals surface area contributed by atoms with Gasteiger partial charge in [-0.05, 0) is 19.4 Å². The molecule has 0 spiro atoms. The van der Waals surface area contributed by atoms with Crippen LogP contribution in [0.15, 0.2) is 15.6 Å².